The van der Waals surface area contributed by atoms with Gasteiger partial charge >= 0.3 is 0 Å². The first-order valence-corrected chi connectivity index (χ1v) is 12.6. The minimum absolute atomic E-state index is 0.0113. The van der Waals surface area contributed by atoms with Crippen molar-refractivity contribution in [1.82, 2.24) is 15.5 Å². The van der Waals surface area contributed by atoms with E-state index in [-0.39, 0.29) is 27.9 Å². The lowest BCUT2D eigenvalue weighted by atomic mass is 10.0. The van der Waals surface area contributed by atoms with Gasteiger partial charge in [0.2, 0.25) is 11.7 Å². The van der Waals surface area contributed by atoms with Crippen molar-refractivity contribution in [3.05, 3.63) is 95.7 Å². The van der Waals surface area contributed by atoms with Crippen LogP contribution in [0.1, 0.15) is 16.2 Å². The first-order valence-electron chi connectivity index (χ1n) is 10.2. The van der Waals surface area contributed by atoms with Crippen LogP contribution >= 0.6 is 11.3 Å². The molecule has 0 aliphatic heterocycles. The van der Waals surface area contributed by atoms with Crippen LogP contribution < -0.4 is 10.0 Å². The number of benzene rings is 3. The second kappa shape index (κ2) is 9.08. The fourth-order valence-corrected chi connectivity index (χ4v) is 5.47. The Bertz CT molecular complexity index is 1560. The molecule has 5 rings (SSSR count). The van der Waals surface area contributed by atoms with Crippen molar-refractivity contribution in [2.75, 3.05) is 4.72 Å². The SMILES string of the molecule is O=C(NCc1nc(-c2ccccc2)no1)c1cc2ccccc2cc1NS(=O)(=O)c1cccs1. The second-order valence-corrected chi connectivity index (χ2v) is 10.2. The van der Waals surface area contributed by atoms with Gasteiger partial charge in [-0.1, -0.05) is 65.8 Å². The van der Waals surface area contributed by atoms with Crippen LogP contribution in [0.25, 0.3) is 22.2 Å². The highest BCUT2D eigenvalue weighted by Gasteiger charge is 2.21. The minimum atomic E-state index is -3.84. The molecule has 0 radical (unpaired) electrons. The maximum atomic E-state index is 13.1. The highest BCUT2D eigenvalue weighted by atomic mass is 32.2. The molecule has 0 atom stereocenters. The van der Waals surface area contributed by atoms with Gasteiger partial charge in [0, 0.05) is 5.56 Å². The summed E-state index contributed by atoms with van der Waals surface area (Å²) in [6.07, 6.45) is 0. The molecule has 2 aromatic heterocycles. The third kappa shape index (κ3) is 4.54. The van der Waals surface area contributed by atoms with Crippen LogP contribution in [0.4, 0.5) is 5.69 Å². The van der Waals surface area contributed by atoms with E-state index in [1.807, 2.05) is 54.6 Å². The van der Waals surface area contributed by atoms with E-state index in [4.69, 9.17) is 4.52 Å². The van der Waals surface area contributed by atoms with Gasteiger partial charge in [0.15, 0.2) is 0 Å². The summed E-state index contributed by atoms with van der Waals surface area (Å²) >= 11 is 1.10. The zero-order valence-corrected chi connectivity index (χ0v) is 19.3. The smallest absolute Gasteiger partial charge is 0.271 e. The van der Waals surface area contributed by atoms with Crippen molar-refractivity contribution in [2.24, 2.45) is 0 Å². The van der Waals surface area contributed by atoms with Crippen LogP contribution in [0.2, 0.25) is 0 Å². The Labute approximate surface area is 199 Å². The molecule has 0 aliphatic carbocycles. The minimum Gasteiger partial charge on any atom is -0.343 e. The molecular formula is C24H18N4O4S2. The lowest BCUT2D eigenvalue weighted by molar-refractivity contribution is 0.0947. The Morgan fingerprint density at radius 3 is 2.41 bits per heavy atom. The molecule has 0 saturated heterocycles. The zero-order chi connectivity index (χ0) is 23.5. The first kappa shape index (κ1) is 21.8. The third-order valence-electron chi connectivity index (χ3n) is 5.03. The monoisotopic (exact) mass is 490 g/mol. The van der Waals surface area contributed by atoms with Crippen LogP contribution in [0.5, 0.6) is 0 Å². The lowest BCUT2D eigenvalue weighted by Gasteiger charge is -2.13. The first-order chi connectivity index (χ1) is 16.5. The predicted octanol–water partition coefficient (Wildman–Crippen LogP) is 4.68. The van der Waals surface area contributed by atoms with E-state index in [0.717, 1.165) is 27.7 Å². The summed E-state index contributed by atoms with van der Waals surface area (Å²) in [7, 11) is -3.84. The van der Waals surface area contributed by atoms with E-state index in [9.17, 15) is 13.2 Å². The van der Waals surface area contributed by atoms with Crippen molar-refractivity contribution in [3.8, 4) is 11.4 Å². The van der Waals surface area contributed by atoms with E-state index >= 15 is 0 Å². The largest absolute Gasteiger partial charge is 0.343 e. The number of fused-ring (bicyclic) bond motifs is 1. The summed E-state index contributed by atoms with van der Waals surface area (Å²) < 4.78 is 33.6. The number of anilines is 1. The van der Waals surface area contributed by atoms with Crippen molar-refractivity contribution >= 4 is 43.7 Å². The molecular weight excluding hydrogens is 472 g/mol. The highest BCUT2D eigenvalue weighted by molar-refractivity contribution is 7.94. The van der Waals surface area contributed by atoms with Crippen molar-refractivity contribution < 1.29 is 17.7 Å². The predicted molar refractivity (Wildman–Crippen MR) is 130 cm³/mol. The van der Waals surface area contributed by atoms with Gasteiger partial charge < -0.3 is 9.84 Å². The molecule has 0 bridgehead atoms. The topological polar surface area (TPSA) is 114 Å². The molecule has 170 valence electrons. The van der Waals surface area contributed by atoms with Crippen LogP contribution in [-0.2, 0) is 16.6 Å². The Morgan fingerprint density at radius 2 is 1.68 bits per heavy atom. The molecule has 0 saturated carbocycles. The number of rotatable bonds is 7. The van der Waals surface area contributed by atoms with Crippen molar-refractivity contribution in [3.63, 3.8) is 0 Å². The van der Waals surface area contributed by atoms with Gasteiger partial charge in [0.05, 0.1) is 17.8 Å². The summed E-state index contributed by atoms with van der Waals surface area (Å²) in [5.41, 5.74) is 1.16. The number of nitrogens with zero attached hydrogens (tertiary/aromatic N) is 2. The molecule has 3 aromatic carbocycles. The quantitative estimate of drug-likeness (QED) is 0.342. The van der Waals surface area contributed by atoms with Gasteiger partial charge in [0.25, 0.3) is 15.9 Å². The molecule has 0 unspecified atom stereocenters. The Balaban J connectivity index is 1.41. The van der Waals surface area contributed by atoms with Gasteiger partial charge in [-0.05, 0) is 34.4 Å². The summed E-state index contributed by atoms with van der Waals surface area (Å²) in [5, 5.41) is 9.96. The number of hydrogen-bond acceptors (Lipinski definition) is 7. The normalized spacial score (nSPS) is 11.4. The lowest BCUT2D eigenvalue weighted by Crippen LogP contribution is -2.25. The molecule has 0 aliphatic rings. The van der Waals surface area contributed by atoms with E-state index < -0.39 is 15.9 Å². The van der Waals surface area contributed by atoms with Gasteiger partial charge in [-0.15, -0.1) is 11.3 Å². The Morgan fingerprint density at radius 1 is 0.941 bits per heavy atom. The number of amides is 1. The maximum absolute atomic E-state index is 13.1. The van der Waals surface area contributed by atoms with E-state index in [1.54, 1.807) is 23.6 Å². The van der Waals surface area contributed by atoms with Gasteiger partial charge in [-0.25, -0.2) is 8.42 Å². The van der Waals surface area contributed by atoms with Gasteiger partial charge in [-0.3, -0.25) is 9.52 Å². The second-order valence-electron chi connectivity index (χ2n) is 7.34. The highest BCUT2D eigenvalue weighted by Crippen LogP contribution is 2.28. The Hall–Kier alpha value is -4.02. The molecule has 5 aromatic rings. The summed E-state index contributed by atoms with van der Waals surface area (Å²) in [6.45, 7) is -0.0113. The number of hydrogen-bond donors (Lipinski definition) is 2. The third-order valence-corrected chi connectivity index (χ3v) is 7.80. The number of aromatic nitrogens is 2. The molecule has 10 heteroatoms. The van der Waals surface area contributed by atoms with Gasteiger partial charge in [-0.2, -0.15) is 4.98 Å². The average molecular weight is 491 g/mol. The van der Waals surface area contributed by atoms with Crippen molar-refractivity contribution in [1.29, 1.82) is 0 Å². The number of carbonyl (C=O) groups is 1. The Kier molecular flexibility index (Phi) is 5.83. The fraction of sp³-hybridized carbons (Fsp3) is 0.0417. The molecule has 2 heterocycles. The molecule has 2 N–H and O–H groups in total. The van der Waals surface area contributed by atoms with Gasteiger partial charge in [0.1, 0.15) is 4.21 Å². The fourth-order valence-electron chi connectivity index (χ4n) is 3.41. The van der Waals surface area contributed by atoms with Crippen molar-refractivity contribution in [2.45, 2.75) is 10.8 Å². The molecule has 8 nitrogen and oxygen atoms in total. The van der Waals surface area contributed by atoms with Crippen LogP contribution in [0.3, 0.4) is 0 Å². The maximum Gasteiger partial charge on any atom is 0.271 e. The standard InChI is InChI=1S/C24H18N4O4S2/c29-24(25-15-21-26-23(27-32-21)16-7-2-1-3-8-16)19-13-17-9-4-5-10-18(17)14-20(19)28-34(30,31)22-11-6-12-33-22/h1-14,28H,15H2,(H,25,29). The molecule has 1 amide bonds. The van der Waals surface area contributed by atoms with E-state index in [1.165, 1.54) is 6.07 Å². The van der Waals surface area contributed by atoms with Crippen LogP contribution in [-0.4, -0.2) is 24.5 Å². The number of thiophene rings is 1. The summed E-state index contributed by atoms with van der Waals surface area (Å²) in [4.78, 5) is 17.4. The zero-order valence-electron chi connectivity index (χ0n) is 17.6. The van der Waals surface area contributed by atoms with E-state index in [2.05, 4.69) is 20.2 Å². The number of carbonyl (C=O) groups excluding carboxylic acids is 1. The molecule has 0 spiro atoms. The molecule has 0 fully saturated rings. The van der Waals surface area contributed by atoms with Crippen LogP contribution in [0.15, 0.2) is 93.0 Å². The van der Waals surface area contributed by atoms with Crippen LogP contribution in [0, 0.1) is 0 Å². The molecule has 34 heavy (non-hydrogen) atoms. The summed E-state index contributed by atoms with van der Waals surface area (Å²) in [5.74, 6) is 0.169. The number of nitrogens with one attached hydrogen (secondary N) is 2. The summed E-state index contributed by atoms with van der Waals surface area (Å²) in [6, 6.07) is 23.2. The number of sulfonamides is 1. The van der Waals surface area contributed by atoms with E-state index in [0.29, 0.717) is 5.82 Å². The average Bonchev–Trinajstić information content (AvgIpc) is 3.55.